The Morgan fingerprint density at radius 2 is 2.21 bits per heavy atom. The van der Waals surface area contributed by atoms with Crippen molar-refractivity contribution in [2.75, 3.05) is 19.0 Å². The zero-order valence-electron chi connectivity index (χ0n) is 7.46. The third-order valence-corrected chi connectivity index (χ3v) is 3.40. The molecule has 1 aliphatic rings. The fourth-order valence-corrected chi connectivity index (χ4v) is 2.11. The lowest BCUT2D eigenvalue weighted by atomic mass is 9.80. The molecule has 0 N–H and O–H groups in total. The van der Waals surface area contributed by atoms with Crippen LogP contribution in [0.15, 0.2) is 18.2 Å². The molecular weight excluding hydrogens is 223 g/mol. The molecule has 0 atom stereocenters. The molecule has 1 fully saturated rings. The summed E-state index contributed by atoms with van der Waals surface area (Å²) in [6, 6.07) is 4.60. The van der Waals surface area contributed by atoms with Gasteiger partial charge in [0.25, 0.3) is 0 Å². The van der Waals surface area contributed by atoms with Crippen molar-refractivity contribution in [3.8, 4) is 0 Å². The summed E-state index contributed by atoms with van der Waals surface area (Å²) >= 11 is 10.1. The van der Waals surface area contributed by atoms with Gasteiger partial charge in [0.05, 0.1) is 18.6 Å². The molecule has 0 radical (unpaired) electrons. The standard InChI is InChI=1S/C10H10ClFOS/c11-7-1-2-9(12)8(3-7)10(6-14)4-13-5-10/h1-3,14H,4-6H2. The topological polar surface area (TPSA) is 9.23 Å². The largest absolute Gasteiger partial charge is 0.379 e. The van der Waals surface area contributed by atoms with Crippen LogP contribution in [0.5, 0.6) is 0 Å². The maximum Gasteiger partial charge on any atom is 0.127 e. The maximum atomic E-state index is 13.5. The fourth-order valence-electron chi connectivity index (χ4n) is 1.58. The summed E-state index contributed by atoms with van der Waals surface area (Å²) in [5, 5.41) is 0.550. The highest BCUT2D eigenvalue weighted by Gasteiger charge is 2.41. The minimum atomic E-state index is -0.280. The van der Waals surface area contributed by atoms with Gasteiger partial charge < -0.3 is 4.74 Å². The Morgan fingerprint density at radius 3 is 2.71 bits per heavy atom. The highest BCUT2D eigenvalue weighted by molar-refractivity contribution is 7.80. The van der Waals surface area contributed by atoms with Crippen molar-refractivity contribution in [1.82, 2.24) is 0 Å². The second kappa shape index (κ2) is 3.72. The van der Waals surface area contributed by atoms with Gasteiger partial charge in [-0.3, -0.25) is 0 Å². The van der Waals surface area contributed by atoms with E-state index in [-0.39, 0.29) is 11.2 Å². The normalized spacial score (nSPS) is 19.1. The average Bonchev–Trinajstić information content (AvgIpc) is 2.10. The fraction of sp³-hybridized carbons (Fsp3) is 0.400. The molecule has 0 aromatic heterocycles. The molecular formula is C10H10ClFOS. The second-order valence-corrected chi connectivity index (χ2v) is 4.31. The van der Waals surface area contributed by atoms with E-state index < -0.39 is 0 Å². The van der Waals surface area contributed by atoms with Crippen molar-refractivity contribution in [1.29, 1.82) is 0 Å². The lowest BCUT2D eigenvalue weighted by Crippen LogP contribution is -2.49. The molecule has 1 nitrogen and oxygen atoms in total. The van der Waals surface area contributed by atoms with Crippen molar-refractivity contribution in [2.45, 2.75) is 5.41 Å². The predicted octanol–water partition coefficient (Wildman–Crippen LogP) is 2.68. The van der Waals surface area contributed by atoms with Gasteiger partial charge in [-0.25, -0.2) is 4.39 Å². The summed E-state index contributed by atoms with van der Waals surface area (Å²) in [5.74, 6) is 0.344. The van der Waals surface area contributed by atoms with Crippen LogP contribution in [-0.4, -0.2) is 19.0 Å². The Labute approximate surface area is 92.6 Å². The number of rotatable bonds is 2. The minimum absolute atomic E-state index is 0.230. The second-order valence-electron chi connectivity index (χ2n) is 3.56. The van der Waals surface area contributed by atoms with Gasteiger partial charge in [-0.15, -0.1) is 0 Å². The molecule has 0 amide bonds. The monoisotopic (exact) mass is 232 g/mol. The first-order valence-electron chi connectivity index (χ1n) is 4.32. The highest BCUT2D eigenvalue weighted by Crippen LogP contribution is 2.36. The van der Waals surface area contributed by atoms with E-state index in [1.54, 1.807) is 12.1 Å². The van der Waals surface area contributed by atoms with E-state index in [1.807, 2.05) is 0 Å². The summed E-state index contributed by atoms with van der Waals surface area (Å²) in [6.45, 7) is 1.04. The van der Waals surface area contributed by atoms with E-state index >= 15 is 0 Å². The number of halogens is 2. The molecule has 1 aliphatic heterocycles. The van der Waals surface area contributed by atoms with Crippen LogP contribution in [-0.2, 0) is 10.2 Å². The molecule has 0 aliphatic carbocycles. The van der Waals surface area contributed by atoms with Crippen molar-refractivity contribution in [3.05, 3.63) is 34.6 Å². The molecule has 14 heavy (non-hydrogen) atoms. The molecule has 76 valence electrons. The van der Waals surface area contributed by atoms with Gasteiger partial charge in [-0.05, 0) is 18.2 Å². The van der Waals surface area contributed by atoms with Crippen LogP contribution in [0.2, 0.25) is 5.02 Å². The number of ether oxygens (including phenoxy) is 1. The third-order valence-electron chi connectivity index (χ3n) is 2.56. The molecule has 0 unspecified atom stereocenters. The van der Waals surface area contributed by atoms with Crippen LogP contribution in [0.3, 0.4) is 0 Å². The Hall–Kier alpha value is -0.250. The number of hydrogen-bond donors (Lipinski definition) is 1. The maximum absolute atomic E-state index is 13.5. The van der Waals surface area contributed by atoms with E-state index in [0.29, 0.717) is 29.6 Å². The predicted molar refractivity (Wildman–Crippen MR) is 57.8 cm³/mol. The van der Waals surface area contributed by atoms with Crippen molar-refractivity contribution >= 4 is 24.2 Å². The third kappa shape index (κ3) is 1.53. The molecule has 0 saturated carbocycles. The summed E-state index contributed by atoms with van der Waals surface area (Å²) in [6.07, 6.45) is 0. The average molecular weight is 233 g/mol. The van der Waals surface area contributed by atoms with Gasteiger partial charge >= 0.3 is 0 Å². The number of benzene rings is 1. The van der Waals surface area contributed by atoms with Crippen LogP contribution in [0, 0.1) is 5.82 Å². The van der Waals surface area contributed by atoms with Crippen LogP contribution in [0.4, 0.5) is 4.39 Å². The Morgan fingerprint density at radius 1 is 1.50 bits per heavy atom. The molecule has 0 spiro atoms. The Bertz CT molecular complexity index is 346. The molecule has 4 heteroatoms. The van der Waals surface area contributed by atoms with Crippen LogP contribution >= 0.6 is 24.2 Å². The van der Waals surface area contributed by atoms with Gasteiger partial charge in [0, 0.05) is 16.3 Å². The lowest BCUT2D eigenvalue weighted by molar-refractivity contribution is -0.0486. The highest BCUT2D eigenvalue weighted by atomic mass is 35.5. The number of thiol groups is 1. The summed E-state index contributed by atoms with van der Waals surface area (Å²) in [7, 11) is 0. The SMILES string of the molecule is Fc1ccc(Cl)cc1C1(CS)COC1. The molecule has 1 aromatic carbocycles. The molecule has 1 heterocycles. The first kappa shape index (κ1) is 10.3. The van der Waals surface area contributed by atoms with E-state index in [4.69, 9.17) is 16.3 Å². The van der Waals surface area contributed by atoms with Crippen LogP contribution in [0.1, 0.15) is 5.56 Å². The zero-order chi connectivity index (χ0) is 10.2. The molecule has 2 rings (SSSR count). The van der Waals surface area contributed by atoms with E-state index in [1.165, 1.54) is 6.07 Å². The molecule has 1 aromatic rings. The van der Waals surface area contributed by atoms with Gasteiger partial charge in [0.15, 0.2) is 0 Å². The summed E-state index contributed by atoms with van der Waals surface area (Å²) < 4.78 is 18.6. The van der Waals surface area contributed by atoms with Crippen molar-refractivity contribution in [2.24, 2.45) is 0 Å². The quantitative estimate of drug-likeness (QED) is 0.772. The van der Waals surface area contributed by atoms with E-state index in [0.717, 1.165) is 0 Å². The Kier molecular flexibility index (Phi) is 2.73. The molecule has 0 bridgehead atoms. The van der Waals surface area contributed by atoms with Crippen LogP contribution in [0.25, 0.3) is 0 Å². The summed E-state index contributed by atoms with van der Waals surface area (Å²) in [4.78, 5) is 0. The first-order valence-corrected chi connectivity index (χ1v) is 5.33. The first-order chi connectivity index (χ1) is 6.68. The smallest absolute Gasteiger partial charge is 0.127 e. The van der Waals surface area contributed by atoms with Crippen molar-refractivity contribution in [3.63, 3.8) is 0 Å². The number of hydrogen-bond acceptors (Lipinski definition) is 2. The lowest BCUT2D eigenvalue weighted by Gasteiger charge is -2.41. The van der Waals surface area contributed by atoms with Gasteiger partial charge in [-0.1, -0.05) is 11.6 Å². The van der Waals surface area contributed by atoms with E-state index in [2.05, 4.69) is 12.6 Å². The molecule has 1 saturated heterocycles. The summed E-state index contributed by atoms with van der Waals surface area (Å²) in [5.41, 5.74) is 0.337. The minimum Gasteiger partial charge on any atom is -0.379 e. The van der Waals surface area contributed by atoms with Gasteiger partial charge in [-0.2, -0.15) is 12.6 Å². The zero-order valence-corrected chi connectivity index (χ0v) is 9.12. The van der Waals surface area contributed by atoms with Crippen molar-refractivity contribution < 1.29 is 9.13 Å². The van der Waals surface area contributed by atoms with E-state index in [9.17, 15) is 4.39 Å². The Balaban J connectivity index is 2.43. The van der Waals surface area contributed by atoms with Gasteiger partial charge in [0.1, 0.15) is 5.82 Å². The van der Waals surface area contributed by atoms with Gasteiger partial charge in [0.2, 0.25) is 0 Å². The van der Waals surface area contributed by atoms with Crippen LogP contribution < -0.4 is 0 Å².